The van der Waals surface area contributed by atoms with Gasteiger partial charge in [0, 0.05) is 58.2 Å². The average molecular weight is 500 g/mol. The van der Waals surface area contributed by atoms with E-state index in [0.717, 1.165) is 43.0 Å². The van der Waals surface area contributed by atoms with E-state index in [1.165, 1.54) is 5.69 Å². The van der Waals surface area contributed by atoms with E-state index in [-0.39, 0.29) is 12.1 Å². The van der Waals surface area contributed by atoms with Gasteiger partial charge in [0.1, 0.15) is 0 Å². The van der Waals surface area contributed by atoms with E-state index in [1.54, 1.807) is 0 Å². The summed E-state index contributed by atoms with van der Waals surface area (Å²) >= 11 is 0. The van der Waals surface area contributed by atoms with Crippen molar-refractivity contribution in [3.05, 3.63) is 96.1 Å². The van der Waals surface area contributed by atoms with Gasteiger partial charge in [-0.25, -0.2) is 0 Å². The van der Waals surface area contributed by atoms with Gasteiger partial charge in [0.05, 0.1) is 12.1 Å². The third-order valence-corrected chi connectivity index (χ3v) is 6.98. The summed E-state index contributed by atoms with van der Waals surface area (Å²) in [7, 11) is 4.04. The summed E-state index contributed by atoms with van der Waals surface area (Å²) < 4.78 is 0. The van der Waals surface area contributed by atoms with Gasteiger partial charge >= 0.3 is 11.8 Å². The number of hydrogen-bond acceptors (Lipinski definition) is 5. The van der Waals surface area contributed by atoms with Crippen molar-refractivity contribution in [3.8, 4) is 0 Å². The van der Waals surface area contributed by atoms with Gasteiger partial charge in [-0.1, -0.05) is 60.7 Å². The molecule has 2 amide bonds. The highest BCUT2D eigenvalue weighted by molar-refractivity contribution is 6.35. The molecule has 0 saturated carbocycles. The van der Waals surface area contributed by atoms with Crippen LogP contribution < -0.4 is 20.4 Å². The molecule has 0 bridgehead atoms. The molecule has 3 aromatic rings. The zero-order chi connectivity index (χ0) is 26.2. The molecule has 0 spiro atoms. The van der Waals surface area contributed by atoms with Crippen molar-refractivity contribution in [1.82, 2.24) is 15.5 Å². The smallest absolute Gasteiger partial charge is 0.309 e. The summed E-state index contributed by atoms with van der Waals surface area (Å²) in [6.07, 6.45) is 0. The van der Waals surface area contributed by atoms with E-state index in [0.29, 0.717) is 6.54 Å². The number of para-hydroxylation sites is 1. The second-order valence-electron chi connectivity index (χ2n) is 9.68. The largest absolute Gasteiger partial charge is 0.378 e. The topological polar surface area (TPSA) is 67.9 Å². The Bertz CT molecular complexity index is 1140. The van der Waals surface area contributed by atoms with Crippen LogP contribution in [-0.2, 0) is 9.59 Å². The van der Waals surface area contributed by atoms with Crippen LogP contribution in [0.1, 0.15) is 30.1 Å². The van der Waals surface area contributed by atoms with Gasteiger partial charge in [0.15, 0.2) is 0 Å². The highest BCUT2D eigenvalue weighted by atomic mass is 16.2. The van der Waals surface area contributed by atoms with Gasteiger partial charge < -0.3 is 20.4 Å². The number of hydrogen-bond donors (Lipinski definition) is 2. The first-order chi connectivity index (χ1) is 17.9. The Morgan fingerprint density at radius 2 is 1.38 bits per heavy atom. The van der Waals surface area contributed by atoms with E-state index >= 15 is 0 Å². The molecule has 7 nitrogen and oxygen atoms in total. The fraction of sp³-hybridized carbons (Fsp3) is 0.333. The molecule has 2 unspecified atom stereocenters. The van der Waals surface area contributed by atoms with Crippen LogP contribution in [-0.4, -0.2) is 63.5 Å². The first-order valence-electron chi connectivity index (χ1n) is 12.9. The summed E-state index contributed by atoms with van der Waals surface area (Å²) in [4.78, 5) is 32.2. The lowest BCUT2D eigenvalue weighted by Crippen LogP contribution is -2.51. The number of carbonyl (C=O) groups is 2. The molecule has 37 heavy (non-hydrogen) atoms. The number of anilines is 2. The molecule has 1 fully saturated rings. The molecule has 0 radical (unpaired) electrons. The second kappa shape index (κ2) is 12.4. The first kappa shape index (κ1) is 26.2. The minimum atomic E-state index is -0.619. The Morgan fingerprint density at radius 3 is 1.97 bits per heavy atom. The van der Waals surface area contributed by atoms with E-state index in [9.17, 15) is 9.59 Å². The Labute approximate surface area is 220 Å². The van der Waals surface area contributed by atoms with Crippen LogP contribution in [0.5, 0.6) is 0 Å². The molecule has 0 aliphatic carbocycles. The molecular weight excluding hydrogens is 462 g/mol. The molecule has 1 heterocycles. The predicted molar refractivity (Wildman–Crippen MR) is 150 cm³/mol. The molecule has 1 aliphatic rings. The van der Waals surface area contributed by atoms with E-state index in [1.807, 2.05) is 57.4 Å². The fourth-order valence-corrected chi connectivity index (χ4v) is 4.74. The summed E-state index contributed by atoms with van der Waals surface area (Å²) in [5.74, 6) is -1.23. The standard InChI is InChI=1S/C30H37N5O2/c1-23(24-10-6-4-7-11-24)32-30(37)29(36)31-22-28(25-14-16-26(17-15-25)33(2)3)35-20-18-34(19-21-35)27-12-8-5-9-13-27/h4-17,23,28H,18-22H2,1-3H3,(H,31,36)(H,32,37). The van der Waals surface area contributed by atoms with Crippen molar-refractivity contribution in [1.29, 1.82) is 0 Å². The van der Waals surface area contributed by atoms with Crippen LogP contribution in [0, 0.1) is 0 Å². The van der Waals surface area contributed by atoms with Gasteiger partial charge in [-0.15, -0.1) is 0 Å². The van der Waals surface area contributed by atoms with Crippen LogP contribution in [0.15, 0.2) is 84.9 Å². The number of piperazine rings is 1. The molecule has 194 valence electrons. The molecule has 7 heteroatoms. The number of amides is 2. The van der Waals surface area contributed by atoms with Crippen LogP contribution in [0.25, 0.3) is 0 Å². The molecule has 1 saturated heterocycles. The average Bonchev–Trinajstić information content (AvgIpc) is 2.94. The van der Waals surface area contributed by atoms with Gasteiger partial charge in [0.2, 0.25) is 0 Å². The van der Waals surface area contributed by atoms with Crippen molar-refractivity contribution in [2.45, 2.75) is 19.0 Å². The van der Waals surface area contributed by atoms with Crippen molar-refractivity contribution in [3.63, 3.8) is 0 Å². The Morgan fingerprint density at radius 1 is 0.784 bits per heavy atom. The van der Waals surface area contributed by atoms with E-state index in [2.05, 4.69) is 73.9 Å². The van der Waals surface area contributed by atoms with Crippen molar-refractivity contribution < 1.29 is 9.59 Å². The Balaban J connectivity index is 1.41. The Kier molecular flexibility index (Phi) is 8.80. The van der Waals surface area contributed by atoms with Crippen LogP contribution in [0.3, 0.4) is 0 Å². The summed E-state index contributed by atoms with van der Waals surface area (Å²) in [5.41, 5.74) is 4.43. The van der Waals surface area contributed by atoms with E-state index < -0.39 is 11.8 Å². The summed E-state index contributed by atoms with van der Waals surface area (Å²) in [6.45, 7) is 5.77. The predicted octanol–water partition coefficient (Wildman–Crippen LogP) is 3.61. The number of benzene rings is 3. The first-order valence-corrected chi connectivity index (χ1v) is 12.9. The number of nitrogens with one attached hydrogen (secondary N) is 2. The fourth-order valence-electron chi connectivity index (χ4n) is 4.74. The molecule has 4 rings (SSSR count). The number of rotatable bonds is 8. The summed E-state index contributed by atoms with van der Waals surface area (Å²) in [5, 5.41) is 5.70. The highest BCUT2D eigenvalue weighted by Crippen LogP contribution is 2.25. The maximum absolute atomic E-state index is 12.8. The molecule has 2 N–H and O–H groups in total. The van der Waals surface area contributed by atoms with Crippen molar-refractivity contribution >= 4 is 23.2 Å². The van der Waals surface area contributed by atoms with Crippen LogP contribution in [0.4, 0.5) is 11.4 Å². The molecule has 1 aliphatic heterocycles. The number of carbonyl (C=O) groups excluding carboxylic acids is 2. The third kappa shape index (κ3) is 6.89. The minimum absolute atomic E-state index is 0.0302. The maximum Gasteiger partial charge on any atom is 0.309 e. The quantitative estimate of drug-likeness (QED) is 0.464. The lowest BCUT2D eigenvalue weighted by Gasteiger charge is -2.40. The minimum Gasteiger partial charge on any atom is -0.378 e. The zero-order valence-corrected chi connectivity index (χ0v) is 21.9. The molecule has 2 atom stereocenters. The van der Waals surface area contributed by atoms with E-state index in [4.69, 9.17) is 0 Å². The van der Waals surface area contributed by atoms with Crippen molar-refractivity contribution in [2.75, 3.05) is 56.6 Å². The Hall–Kier alpha value is -3.84. The normalized spacial score (nSPS) is 15.5. The van der Waals surface area contributed by atoms with Gasteiger partial charge in [0.25, 0.3) is 0 Å². The third-order valence-electron chi connectivity index (χ3n) is 6.98. The summed E-state index contributed by atoms with van der Waals surface area (Å²) in [6, 6.07) is 28.2. The molecular formula is C30H37N5O2. The zero-order valence-electron chi connectivity index (χ0n) is 21.9. The highest BCUT2D eigenvalue weighted by Gasteiger charge is 2.27. The molecule has 0 aromatic heterocycles. The van der Waals surface area contributed by atoms with Gasteiger partial charge in [-0.05, 0) is 42.3 Å². The number of nitrogens with zero attached hydrogens (tertiary/aromatic N) is 3. The van der Waals surface area contributed by atoms with Gasteiger partial charge in [-0.3, -0.25) is 14.5 Å². The molecule has 3 aromatic carbocycles. The lowest BCUT2D eigenvalue weighted by molar-refractivity contribution is -0.139. The lowest BCUT2D eigenvalue weighted by atomic mass is 10.0. The monoisotopic (exact) mass is 499 g/mol. The second-order valence-corrected chi connectivity index (χ2v) is 9.68. The SMILES string of the molecule is CC(NC(=O)C(=O)NCC(c1ccc(N(C)C)cc1)N1CCN(c2ccccc2)CC1)c1ccccc1. The van der Waals surface area contributed by atoms with Gasteiger partial charge in [-0.2, -0.15) is 0 Å². The van der Waals surface area contributed by atoms with Crippen LogP contribution >= 0.6 is 0 Å². The van der Waals surface area contributed by atoms with Crippen molar-refractivity contribution in [2.24, 2.45) is 0 Å². The van der Waals surface area contributed by atoms with Crippen LogP contribution in [0.2, 0.25) is 0 Å². The maximum atomic E-state index is 12.8.